The second kappa shape index (κ2) is 3.18. The monoisotopic (exact) mass is 191 g/mol. The molecule has 1 N–H and O–H groups in total. The second-order valence-electron chi connectivity index (χ2n) is 2.82. The number of benzene rings is 1. The fraction of sp³-hybridized carbons (Fsp3) is 0.100. The maximum Gasteiger partial charge on any atom is 0.0843 e. The van der Waals surface area contributed by atoms with Gasteiger partial charge in [0.05, 0.1) is 5.71 Å². The normalized spacial score (nSPS) is 12.2. The maximum absolute atomic E-state index is 8.68. The van der Waals surface area contributed by atoms with E-state index in [-0.39, 0.29) is 0 Å². The van der Waals surface area contributed by atoms with Crippen molar-refractivity contribution >= 4 is 27.1 Å². The van der Waals surface area contributed by atoms with E-state index < -0.39 is 0 Å². The molecular weight excluding hydrogens is 182 g/mol. The number of rotatable bonds is 1. The molecule has 0 radical (unpaired) electrons. The van der Waals surface area contributed by atoms with Crippen molar-refractivity contribution in [3.63, 3.8) is 0 Å². The number of oxime groups is 1. The summed E-state index contributed by atoms with van der Waals surface area (Å²) in [5, 5.41) is 15.1. The van der Waals surface area contributed by atoms with Crippen LogP contribution in [0.3, 0.4) is 0 Å². The van der Waals surface area contributed by atoms with Gasteiger partial charge >= 0.3 is 0 Å². The molecule has 3 heteroatoms. The summed E-state index contributed by atoms with van der Waals surface area (Å²) in [6.07, 6.45) is 0. The summed E-state index contributed by atoms with van der Waals surface area (Å²) in [7, 11) is 0. The zero-order chi connectivity index (χ0) is 9.26. The van der Waals surface area contributed by atoms with E-state index in [9.17, 15) is 0 Å². The first-order valence-corrected chi connectivity index (χ1v) is 4.86. The Labute approximate surface area is 80.1 Å². The van der Waals surface area contributed by atoms with E-state index in [1.807, 2.05) is 23.6 Å². The molecule has 1 aromatic heterocycles. The Morgan fingerprint density at radius 1 is 1.38 bits per heavy atom. The van der Waals surface area contributed by atoms with Gasteiger partial charge in [-0.15, -0.1) is 11.3 Å². The third-order valence-electron chi connectivity index (χ3n) is 2.04. The highest BCUT2D eigenvalue weighted by Gasteiger charge is 2.03. The van der Waals surface area contributed by atoms with Crippen LogP contribution in [-0.2, 0) is 0 Å². The van der Waals surface area contributed by atoms with Gasteiger partial charge in [0.15, 0.2) is 0 Å². The van der Waals surface area contributed by atoms with Crippen molar-refractivity contribution in [3.05, 3.63) is 35.2 Å². The second-order valence-corrected chi connectivity index (χ2v) is 3.77. The molecule has 66 valence electrons. The van der Waals surface area contributed by atoms with Crippen LogP contribution in [0.5, 0.6) is 0 Å². The fourth-order valence-electron chi connectivity index (χ4n) is 1.36. The zero-order valence-corrected chi connectivity index (χ0v) is 8.01. The highest BCUT2D eigenvalue weighted by Crippen LogP contribution is 2.24. The molecule has 0 aliphatic heterocycles. The van der Waals surface area contributed by atoms with Gasteiger partial charge in [-0.05, 0) is 24.4 Å². The van der Waals surface area contributed by atoms with Crippen LogP contribution in [0.1, 0.15) is 12.5 Å². The molecule has 2 aromatic rings. The topological polar surface area (TPSA) is 32.6 Å². The average molecular weight is 191 g/mol. The molecule has 2 rings (SSSR count). The molecule has 0 spiro atoms. The molecule has 0 amide bonds. The van der Waals surface area contributed by atoms with Gasteiger partial charge in [0, 0.05) is 15.6 Å². The van der Waals surface area contributed by atoms with Crippen molar-refractivity contribution in [1.29, 1.82) is 0 Å². The van der Waals surface area contributed by atoms with E-state index in [1.54, 1.807) is 18.3 Å². The van der Waals surface area contributed by atoms with Crippen molar-refractivity contribution in [2.75, 3.05) is 0 Å². The van der Waals surface area contributed by atoms with Crippen molar-refractivity contribution < 1.29 is 5.21 Å². The van der Waals surface area contributed by atoms with Gasteiger partial charge in [-0.25, -0.2) is 0 Å². The molecule has 0 aliphatic rings. The highest BCUT2D eigenvalue weighted by molar-refractivity contribution is 7.17. The molecule has 0 saturated heterocycles. The average Bonchev–Trinajstić information content (AvgIpc) is 2.63. The van der Waals surface area contributed by atoms with E-state index in [0.29, 0.717) is 5.71 Å². The minimum absolute atomic E-state index is 0.656. The first-order chi connectivity index (χ1) is 6.33. The molecule has 13 heavy (non-hydrogen) atoms. The minimum atomic E-state index is 0.656. The lowest BCUT2D eigenvalue weighted by molar-refractivity contribution is 0.319. The molecule has 2 nitrogen and oxygen atoms in total. The molecule has 0 bridgehead atoms. The van der Waals surface area contributed by atoms with E-state index >= 15 is 0 Å². The highest BCUT2D eigenvalue weighted by atomic mass is 32.1. The Morgan fingerprint density at radius 3 is 3.00 bits per heavy atom. The van der Waals surface area contributed by atoms with Crippen LogP contribution in [0.2, 0.25) is 0 Å². The Bertz CT molecular complexity index is 459. The standard InChI is InChI=1S/C10H9NOS/c1-7(11-12)8-3-2-4-10-9(8)5-6-13-10/h2-6,12H,1H3/b11-7+. The van der Waals surface area contributed by atoms with Crippen molar-refractivity contribution in [2.45, 2.75) is 6.92 Å². The van der Waals surface area contributed by atoms with Gasteiger partial charge in [-0.1, -0.05) is 17.3 Å². The molecule has 0 saturated carbocycles. The lowest BCUT2D eigenvalue weighted by atomic mass is 10.1. The summed E-state index contributed by atoms with van der Waals surface area (Å²) in [6.45, 7) is 1.80. The first-order valence-electron chi connectivity index (χ1n) is 3.98. The van der Waals surface area contributed by atoms with Crippen molar-refractivity contribution in [3.8, 4) is 0 Å². The van der Waals surface area contributed by atoms with Crippen LogP contribution in [0.25, 0.3) is 10.1 Å². The van der Waals surface area contributed by atoms with Gasteiger partial charge in [-0.2, -0.15) is 0 Å². The van der Waals surface area contributed by atoms with Crippen LogP contribution in [0, 0.1) is 0 Å². The summed E-state index contributed by atoms with van der Waals surface area (Å²) in [4.78, 5) is 0. The van der Waals surface area contributed by atoms with E-state index in [2.05, 4.69) is 11.2 Å². The zero-order valence-electron chi connectivity index (χ0n) is 7.19. The molecule has 0 atom stereocenters. The Kier molecular flexibility index (Phi) is 2.02. The van der Waals surface area contributed by atoms with Gasteiger partial charge in [0.1, 0.15) is 0 Å². The van der Waals surface area contributed by atoms with Crippen LogP contribution in [0.15, 0.2) is 34.8 Å². The van der Waals surface area contributed by atoms with Crippen LogP contribution in [-0.4, -0.2) is 10.9 Å². The van der Waals surface area contributed by atoms with Crippen molar-refractivity contribution in [1.82, 2.24) is 0 Å². The Hall–Kier alpha value is -1.35. The Balaban J connectivity index is 2.75. The summed E-state index contributed by atoms with van der Waals surface area (Å²) in [6, 6.07) is 8.05. The molecule has 1 heterocycles. The van der Waals surface area contributed by atoms with Gasteiger partial charge in [-0.3, -0.25) is 0 Å². The molecule has 0 aliphatic carbocycles. The number of hydrogen-bond donors (Lipinski definition) is 1. The smallest absolute Gasteiger partial charge is 0.0843 e. The molecular formula is C10H9NOS. The van der Waals surface area contributed by atoms with Gasteiger partial charge < -0.3 is 5.21 Å². The van der Waals surface area contributed by atoms with E-state index in [0.717, 1.165) is 10.9 Å². The lowest BCUT2D eigenvalue weighted by Gasteiger charge is -1.99. The lowest BCUT2D eigenvalue weighted by Crippen LogP contribution is -1.93. The maximum atomic E-state index is 8.68. The van der Waals surface area contributed by atoms with Crippen LogP contribution in [0.4, 0.5) is 0 Å². The molecule has 1 aromatic carbocycles. The van der Waals surface area contributed by atoms with E-state index in [4.69, 9.17) is 5.21 Å². The SMILES string of the molecule is C/C(=N\O)c1cccc2sccc12. The first kappa shape index (κ1) is 8.26. The number of thiophene rings is 1. The number of hydrogen-bond acceptors (Lipinski definition) is 3. The summed E-state index contributed by atoms with van der Waals surface area (Å²) >= 11 is 1.69. The quantitative estimate of drug-likeness (QED) is 0.419. The number of fused-ring (bicyclic) bond motifs is 1. The minimum Gasteiger partial charge on any atom is -0.411 e. The predicted octanol–water partition coefficient (Wildman–Crippen LogP) is 3.10. The van der Waals surface area contributed by atoms with Crippen LogP contribution < -0.4 is 0 Å². The largest absolute Gasteiger partial charge is 0.411 e. The Morgan fingerprint density at radius 2 is 2.23 bits per heavy atom. The predicted molar refractivity (Wildman–Crippen MR) is 55.8 cm³/mol. The summed E-state index contributed by atoms with van der Waals surface area (Å²) in [5.74, 6) is 0. The third-order valence-corrected chi connectivity index (χ3v) is 2.92. The number of nitrogens with zero attached hydrogens (tertiary/aromatic N) is 1. The van der Waals surface area contributed by atoms with Crippen molar-refractivity contribution in [2.24, 2.45) is 5.16 Å². The summed E-state index contributed by atoms with van der Waals surface area (Å²) in [5.41, 5.74) is 1.66. The third kappa shape index (κ3) is 1.31. The molecule has 0 unspecified atom stereocenters. The molecule has 0 fully saturated rings. The summed E-state index contributed by atoms with van der Waals surface area (Å²) < 4.78 is 1.22. The van der Waals surface area contributed by atoms with Gasteiger partial charge in [0.2, 0.25) is 0 Å². The fourth-order valence-corrected chi connectivity index (χ4v) is 2.18. The van der Waals surface area contributed by atoms with Gasteiger partial charge in [0.25, 0.3) is 0 Å². The van der Waals surface area contributed by atoms with Crippen LogP contribution >= 0.6 is 11.3 Å². The van der Waals surface area contributed by atoms with E-state index in [1.165, 1.54) is 4.70 Å².